The molecule has 9 nitrogen and oxygen atoms in total. The van der Waals surface area contributed by atoms with Crippen LogP contribution in [0.5, 0.6) is 0 Å². The Morgan fingerprint density at radius 1 is 1.19 bits per heavy atom. The molecule has 0 aliphatic heterocycles. The Labute approximate surface area is 213 Å². The van der Waals surface area contributed by atoms with Gasteiger partial charge in [-0.25, -0.2) is 4.79 Å². The van der Waals surface area contributed by atoms with Crippen LogP contribution in [0.3, 0.4) is 0 Å². The number of rotatable bonds is 11. The van der Waals surface area contributed by atoms with E-state index < -0.39 is 42.0 Å². The molecule has 1 aromatic rings. The maximum absolute atomic E-state index is 13.9. The fourth-order valence-corrected chi connectivity index (χ4v) is 4.01. The van der Waals surface area contributed by atoms with Gasteiger partial charge >= 0.3 is 6.09 Å². The maximum atomic E-state index is 13.9. The molecule has 0 heterocycles. The SMILES string of the molecule is C#Cc1ccccc1C(C(=O)NC(C)CCC)N(C(=O)C(CC(N)=O)NC(=O)OC(C)(C)C)C1CC1. The smallest absolute Gasteiger partial charge is 0.408 e. The zero-order chi connectivity index (χ0) is 27.0. The van der Waals surface area contributed by atoms with Crippen LogP contribution in [0.1, 0.15) is 83.9 Å². The quantitative estimate of drug-likeness (QED) is 0.404. The van der Waals surface area contributed by atoms with E-state index in [-0.39, 0.29) is 18.0 Å². The number of hydrogen-bond donors (Lipinski definition) is 3. The lowest BCUT2D eigenvalue weighted by molar-refractivity contribution is -0.144. The third-order valence-corrected chi connectivity index (χ3v) is 5.64. The Morgan fingerprint density at radius 3 is 2.36 bits per heavy atom. The molecule has 4 amide bonds. The predicted octanol–water partition coefficient (Wildman–Crippen LogP) is 2.77. The summed E-state index contributed by atoms with van der Waals surface area (Å²) in [6.07, 6.45) is 7.41. The first-order valence-corrected chi connectivity index (χ1v) is 12.3. The van der Waals surface area contributed by atoms with Gasteiger partial charge in [-0.3, -0.25) is 14.4 Å². The number of amides is 4. The van der Waals surface area contributed by atoms with E-state index in [2.05, 4.69) is 16.6 Å². The molecule has 9 heteroatoms. The fourth-order valence-electron chi connectivity index (χ4n) is 4.01. The van der Waals surface area contributed by atoms with Crippen LogP contribution in [0.2, 0.25) is 0 Å². The molecule has 0 radical (unpaired) electrons. The van der Waals surface area contributed by atoms with Crippen molar-refractivity contribution in [1.29, 1.82) is 0 Å². The van der Waals surface area contributed by atoms with Gasteiger partial charge in [-0.2, -0.15) is 0 Å². The van der Waals surface area contributed by atoms with Gasteiger partial charge in [0.2, 0.25) is 17.7 Å². The summed E-state index contributed by atoms with van der Waals surface area (Å²) in [6.45, 7) is 8.97. The highest BCUT2D eigenvalue weighted by Crippen LogP contribution is 2.37. The number of carbonyl (C=O) groups excluding carboxylic acids is 4. The van der Waals surface area contributed by atoms with Crippen LogP contribution in [0.15, 0.2) is 24.3 Å². The second-order valence-electron chi connectivity index (χ2n) is 10.2. The lowest BCUT2D eigenvalue weighted by atomic mass is 9.96. The van der Waals surface area contributed by atoms with E-state index in [1.807, 2.05) is 13.8 Å². The molecule has 1 aromatic carbocycles. The molecule has 1 saturated carbocycles. The largest absolute Gasteiger partial charge is 0.444 e. The van der Waals surface area contributed by atoms with Gasteiger partial charge in [0.15, 0.2) is 0 Å². The van der Waals surface area contributed by atoms with Crippen LogP contribution in [-0.2, 0) is 19.1 Å². The van der Waals surface area contributed by atoms with Gasteiger partial charge in [0.25, 0.3) is 0 Å². The molecule has 3 unspecified atom stereocenters. The van der Waals surface area contributed by atoms with Crippen molar-refractivity contribution in [2.45, 2.75) is 96.5 Å². The second kappa shape index (κ2) is 12.4. The minimum absolute atomic E-state index is 0.125. The van der Waals surface area contributed by atoms with Crippen LogP contribution >= 0.6 is 0 Å². The number of terminal acetylenes is 1. The highest BCUT2D eigenvalue weighted by Gasteiger charge is 2.45. The monoisotopic (exact) mass is 498 g/mol. The minimum atomic E-state index is -1.31. The van der Waals surface area contributed by atoms with Crippen molar-refractivity contribution in [3.63, 3.8) is 0 Å². The molecule has 1 aliphatic carbocycles. The highest BCUT2D eigenvalue weighted by molar-refractivity contribution is 5.95. The molecule has 1 aliphatic rings. The van der Waals surface area contributed by atoms with E-state index in [4.69, 9.17) is 16.9 Å². The fraction of sp³-hybridized carbons (Fsp3) is 0.556. The number of primary amides is 1. The summed E-state index contributed by atoms with van der Waals surface area (Å²) in [7, 11) is 0. The normalized spacial score (nSPS) is 15.6. The zero-order valence-corrected chi connectivity index (χ0v) is 21.8. The van der Waals surface area contributed by atoms with E-state index in [1.54, 1.807) is 45.0 Å². The van der Waals surface area contributed by atoms with E-state index in [1.165, 1.54) is 4.90 Å². The molecular formula is C27H38N4O5. The number of hydrogen-bond acceptors (Lipinski definition) is 5. The van der Waals surface area contributed by atoms with E-state index in [9.17, 15) is 19.2 Å². The lowest BCUT2D eigenvalue weighted by Crippen LogP contribution is -2.55. The maximum Gasteiger partial charge on any atom is 0.408 e. The van der Waals surface area contributed by atoms with E-state index in [0.717, 1.165) is 12.8 Å². The van der Waals surface area contributed by atoms with Crippen molar-refractivity contribution in [3.05, 3.63) is 35.4 Å². The molecule has 4 N–H and O–H groups in total. The van der Waals surface area contributed by atoms with Crippen molar-refractivity contribution in [1.82, 2.24) is 15.5 Å². The van der Waals surface area contributed by atoms with Gasteiger partial charge in [0.1, 0.15) is 17.7 Å². The van der Waals surface area contributed by atoms with Crippen LogP contribution < -0.4 is 16.4 Å². The molecule has 36 heavy (non-hydrogen) atoms. The summed E-state index contributed by atoms with van der Waals surface area (Å²) in [5, 5.41) is 5.47. The average Bonchev–Trinajstić information content (AvgIpc) is 3.60. The molecule has 196 valence electrons. The van der Waals surface area contributed by atoms with E-state index in [0.29, 0.717) is 24.0 Å². The number of ether oxygens (including phenoxy) is 1. The molecule has 1 fully saturated rings. The van der Waals surface area contributed by atoms with Gasteiger partial charge in [-0.1, -0.05) is 37.5 Å². The van der Waals surface area contributed by atoms with Crippen molar-refractivity contribution in [3.8, 4) is 12.3 Å². The van der Waals surface area contributed by atoms with Gasteiger partial charge in [-0.15, -0.1) is 6.42 Å². The number of nitrogens with two attached hydrogens (primary N) is 1. The number of nitrogens with zero attached hydrogens (tertiary/aromatic N) is 1. The lowest BCUT2D eigenvalue weighted by Gasteiger charge is -2.35. The van der Waals surface area contributed by atoms with Crippen LogP contribution in [0.25, 0.3) is 0 Å². The van der Waals surface area contributed by atoms with Crippen LogP contribution in [0, 0.1) is 12.3 Å². The molecule has 0 spiro atoms. The summed E-state index contributed by atoms with van der Waals surface area (Å²) in [5.74, 6) is 0.844. The Bertz CT molecular complexity index is 1010. The molecule has 0 bridgehead atoms. The molecule has 2 rings (SSSR count). The zero-order valence-electron chi connectivity index (χ0n) is 21.8. The molecular weight excluding hydrogens is 460 g/mol. The average molecular weight is 499 g/mol. The van der Waals surface area contributed by atoms with Gasteiger partial charge < -0.3 is 26.0 Å². The van der Waals surface area contributed by atoms with Crippen LogP contribution in [-0.4, -0.2) is 52.4 Å². The van der Waals surface area contributed by atoms with Crippen molar-refractivity contribution < 1.29 is 23.9 Å². The number of alkyl carbamates (subject to hydrolysis) is 1. The van der Waals surface area contributed by atoms with E-state index >= 15 is 0 Å². The van der Waals surface area contributed by atoms with Crippen molar-refractivity contribution in [2.75, 3.05) is 0 Å². The Balaban J connectivity index is 2.51. The van der Waals surface area contributed by atoms with Gasteiger partial charge in [-0.05, 0) is 58.6 Å². The number of nitrogens with one attached hydrogen (secondary N) is 2. The topological polar surface area (TPSA) is 131 Å². The van der Waals surface area contributed by atoms with Gasteiger partial charge in [0, 0.05) is 17.6 Å². The molecule has 3 atom stereocenters. The molecule has 0 saturated heterocycles. The summed E-state index contributed by atoms with van der Waals surface area (Å²) < 4.78 is 5.29. The van der Waals surface area contributed by atoms with Crippen molar-refractivity contribution in [2.24, 2.45) is 5.73 Å². The second-order valence-corrected chi connectivity index (χ2v) is 10.2. The Hall–Kier alpha value is -3.54. The van der Waals surface area contributed by atoms with Crippen LogP contribution in [0.4, 0.5) is 4.79 Å². The summed E-state index contributed by atoms with van der Waals surface area (Å²) >= 11 is 0. The summed E-state index contributed by atoms with van der Waals surface area (Å²) in [6, 6.07) is 4.21. The first kappa shape index (κ1) is 28.7. The first-order chi connectivity index (χ1) is 16.9. The Kier molecular flexibility index (Phi) is 9.91. The van der Waals surface area contributed by atoms with Gasteiger partial charge in [0.05, 0.1) is 6.42 Å². The third kappa shape index (κ3) is 8.29. The predicted molar refractivity (Wildman–Crippen MR) is 136 cm³/mol. The Morgan fingerprint density at radius 2 is 1.83 bits per heavy atom. The third-order valence-electron chi connectivity index (χ3n) is 5.64. The number of benzene rings is 1. The summed E-state index contributed by atoms with van der Waals surface area (Å²) in [4.78, 5) is 53.3. The highest BCUT2D eigenvalue weighted by atomic mass is 16.6. The standard InChI is InChI=1S/C27H38N4O5/c1-7-11-17(3)29-24(33)23(20-13-10-9-12-18(20)8-2)31(19-14-15-19)25(34)21(16-22(28)32)30-26(35)36-27(4,5)6/h2,9-10,12-13,17,19,21,23H,7,11,14-16H2,1,3-6H3,(H2,28,32)(H,29,33)(H,30,35). The number of carbonyl (C=O) groups is 4. The minimum Gasteiger partial charge on any atom is -0.444 e. The molecule has 0 aromatic heterocycles. The van der Waals surface area contributed by atoms with Crippen molar-refractivity contribution >= 4 is 23.8 Å². The summed E-state index contributed by atoms with van der Waals surface area (Å²) in [5.41, 5.74) is 5.57. The first-order valence-electron chi connectivity index (χ1n) is 12.3.